The van der Waals surface area contributed by atoms with Gasteiger partial charge in [0.1, 0.15) is 23.4 Å². The molecule has 266 valence electrons. The summed E-state index contributed by atoms with van der Waals surface area (Å²) in [6.45, 7) is 8.46. The molecule has 1 aromatic heterocycles. The van der Waals surface area contributed by atoms with E-state index in [1.165, 1.54) is 21.4 Å². The van der Waals surface area contributed by atoms with Gasteiger partial charge in [0, 0.05) is 63.9 Å². The number of esters is 1. The molecule has 0 bridgehead atoms. The lowest BCUT2D eigenvalue weighted by molar-refractivity contribution is -0.155. The third kappa shape index (κ3) is 10.5. The first-order valence-electron chi connectivity index (χ1n) is 17.1. The minimum absolute atomic E-state index is 0.0137. The minimum atomic E-state index is -1.08. The van der Waals surface area contributed by atoms with E-state index in [4.69, 9.17) is 9.47 Å². The van der Waals surface area contributed by atoms with E-state index in [1.807, 2.05) is 48.5 Å². The van der Waals surface area contributed by atoms with Gasteiger partial charge in [-0.1, -0.05) is 60.7 Å². The Bertz CT molecular complexity index is 1620. The van der Waals surface area contributed by atoms with Crippen LogP contribution in [0.25, 0.3) is 11.4 Å². The van der Waals surface area contributed by atoms with Crippen LogP contribution in [0.15, 0.2) is 66.7 Å². The summed E-state index contributed by atoms with van der Waals surface area (Å²) in [6, 6.07) is 20.0. The summed E-state index contributed by atoms with van der Waals surface area (Å²) in [5.74, 6) is -0.982. The van der Waals surface area contributed by atoms with Crippen LogP contribution in [-0.2, 0) is 20.9 Å². The second kappa shape index (κ2) is 16.6. The van der Waals surface area contributed by atoms with Gasteiger partial charge in [-0.2, -0.15) is 4.98 Å². The van der Waals surface area contributed by atoms with Crippen molar-refractivity contribution in [3.05, 3.63) is 78.0 Å². The molecule has 0 radical (unpaired) electrons. The molecule has 2 saturated heterocycles. The number of piperidine rings is 1. The third-order valence-corrected chi connectivity index (χ3v) is 8.56. The number of nitrogens with one attached hydrogen (secondary N) is 1. The minimum Gasteiger partial charge on any atom is -0.474 e. The molecule has 0 unspecified atom stereocenters. The van der Waals surface area contributed by atoms with Crippen molar-refractivity contribution in [1.29, 1.82) is 0 Å². The maximum atomic E-state index is 13.9. The van der Waals surface area contributed by atoms with Crippen LogP contribution in [0.3, 0.4) is 0 Å². The van der Waals surface area contributed by atoms with Crippen molar-refractivity contribution in [3.8, 4) is 17.3 Å². The fourth-order valence-electron chi connectivity index (χ4n) is 6.00. The largest absolute Gasteiger partial charge is 0.474 e. The van der Waals surface area contributed by atoms with Crippen molar-refractivity contribution in [3.63, 3.8) is 0 Å². The molecule has 3 heterocycles. The first kappa shape index (κ1) is 36.2. The van der Waals surface area contributed by atoms with Crippen LogP contribution in [0.4, 0.5) is 4.79 Å². The van der Waals surface area contributed by atoms with Crippen LogP contribution < -0.4 is 10.1 Å². The maximum absolute atomic E-state index is 13.9. The molecule has 1 atom stereocenters. The highest BCUT2D eigenvalue weighted by atomic mass is 16.6. The van der Waals surface area contributed by atoms with Gasteiger partial charge >= 0.3 is 12.1 Å². The summed E-state index contributed by atoms with van der Waals surface area (Å²) in [5, 5.41) is 12.1. The number of hydrogen-bond acceptors (Lipinski definition) is 9. The van der Waals surface area contributed by atoms with Gasteiger partial charge in [-0.05, 0) is 45.6 Å². The Morgan fingerprint density at radius 2 is 1.50 bits per heavy atom. The number of ether oxygens (including phenoxy) is 2. The number of amides is 3. The van der Waals surface area contributed by atoms with E-state index >= 15 is 0 Å². The summed E-state index contributed by atoms with van der Waals surface area (Å²) in [6.07, 6.45) is 0.287. The Labute approximate surface area is 292 Å². The average molecular weight is 687 g/mol. The maximum Gasteiger partial charge on any atom is 0.407 e. The first-order chi connectivity index (χ1) is 23.9. The molecule has 2 aliphatic rings. The van der Waals surface area contributed by atoms with E-state index in [0.29, 0.717) is 11.4 Å². The number of hydrogen-bond donors (Lipinski definition) is 2. The van der Waals surface area contributed by atoms with Crippen molar-refractivity contribution in [2.24, 2.45) is 0 Å². The van der Waals surface area contributed by atoms with E-state index in [9.17, 15) is 24.3 Å². The van der Waals surface area contributed by atoms with E-state index in [0.717, 1.165) is 32.5 Å². The normalized spacial score (nSPS) is 16.4. The number of benzene rings is 2. The van der Waals surface area contributed by atoms with Crippen LogP contribution >= 0.6 is 0 Å². The zero-order valence-electron chi connectivity index (χ0n) is 28.9. The number of rotatable bonds is 11. The fourth-order valence-corrected chi connectivity index (χ4v) is 6.00. The number of aromatic nitrogens is 2. The number of carbonyl (C=O) groups is 4. The number of nitrogens with zero attached hydrogens (tertiary/aromatic N) is 5. The van der Waals surface area contributed by atoms with Crippen LogP contribution in [-0.4, -0.2) is 111 Å². The Morgan fingerprint density at radius 1 is 0.880 bits per heavy atom. The molecule has 13 nitrogen and oxygen atoms in total. The van der Waals surface area contributed by atoms with Crippen LogP contribution in [0, 0.1) is 0 Å². The van der Waals surface area contributed by atoms with Crippen LogP contribution in [0.2, 0.25) is 0 Å². The Balaban J connectivity index is 1.32. The molecule has 13 heteroatoms. The Hall–Kier alpha value is -5.04. The number of carbonyl (C=O) groups excluding carboxylic acids is 3. The SMILES string of the molecule is CC(C)(C)OC(=O)CC[C@H](NC(=O)c1cc(OC2CCN(Cc3ccccc3)CC2)nc(-c2ccccc2)n1)C(=O)N1CCN(C(=O)O)CC1. The highest BCUT2D eigenvalue weighted by molar-refractivity contribution is 5.97. The quantitative estimate of drug-likeness (QED) is 0.280. The number of piperazine rings is 1. The zero-order valence-corrected chi connectivity index (χ0v) is 28.9. The molecule has 2 aromatic carbocycles. The number of likely N-dealkylation sites (tertiary alicyclic amines) is 1. The summed E-state index contributed by atoms with van der Waals surface area (Å²) >= 11 is 0. The lowest BCUT2D eigenvalue weighted by Gasteiger charge is -2.35. The summed E-state index contributed by atoms with van der Waals surface area (Å²) in [4.78, 5) is 66.0. The lowest BCUT2D eigenvalue weighted by atomic mass is 10.1. The van der Waals surface area contributed by atoms with Gasteiger partial charge in [-0.15, -0.1) is 0 Å². The van der Waals surface area contributed by atoms with E-state index in [2.05, 4.69) is 32.3 Å². The van der Waals surface area contributed by atoms with Crippen molar-refractivity contribution in [2.75, 3.05) is 39.3 Å². The van der Waals surface area contributed by atoms with Crippen LogP contribution in [0.5, 0.6) is 5.88 Å². The monoisotopic (exact) mass is 686 g/mol. The zero-order chi connectivity index (χ0) is 35.7. The molecule has 0 saturated carbocycles. The molecular weight excluding hydrogens is 640 g/mol. The van der Waals surface area contributed by atoms with E-state index in [1.54, 1.807) is 20.8 Å². The molecule has 0 spiro atoms. The first-order valence-corrected chi connectivity index (χ1v) is 17.1. The van der Waals surface area contributed by atoms with Gasteiger partial charge in [-0.25, -0.2) is 9.78 Å². The Kier molecular flexibility index (Phi) is 12.0. The Morgan fingerprint density at radius 3 is 2.12 bits per heavy atom. The molecular formula is C37H46N6O7. The van der Waals surface area contributed by atoms with Crippen molar-refractivity contribution < 1.29 is 33.8 Å². The number of carboxylic acid groups (broad SMARTS) is 1. The predicted molar refractivity (Wildman–Crippen MR) is 185 cm³/mol. The van der Waals surface area contributed by atoms with Crippen molar-refractivity contribution in [1.82, 2.24) is 30.0 Å². The second-order valence-electron chi connectivity index (χ2n) is 13.6. The van der Waals surface area contributed by atoms with Crippen molar-refractivity contribution in [2.45, 2.75) is 70.7 Å². The molecule has 5 rings (SSSR count). The van der Waals surface area contributed by atoms with Gasteiger partial charge in [0.15, 0.2) is 5.82 Å². The van der Waals surface area contributed by atoms with Crippen LogP contribution in [0.1, 0.15) is 62.5 Å². The summed E-state index contributed by atoms with van der Waals surface area (Å²) in [5.41, 5.74) is 1.26. The summed E-state index contributed by atoms with van der Waals surface area (Å²) in [7, 11) is 0. The van der Waals surface area contributed by atoms with Gasteiger partial charge < -0.3 is 29.7 Å². The van der Waals surface area contributed by atoms with Gasteiger partial charge in [0.2, 0.25) is 11.8 Å². The van der Waals surface area contributed by atoms with Gasteiger partial charge in [0.25, 0.3) is 5.91 Å². The standard InChI is InChI=1S/C37H46N6O7/c1-37(2,3)50-32(44)15-14-29(35(46)42-20-22-43(23-21-42)36(47)48)39-34(45)30-24-31(40-33(38-30)27-12-8-5-9-13-27)49-28-16-18-41(19-17-28)25-26-10-6-4-7-11-26/h4-13,24,28-29H,14-23,25H2,1-3H3,(H,39,45)(H,47,48)/t29-/m0/s1. The summed E-state index contributed by atoms with van der Waals surface area (Å²) < 4.78 is 11.8. The second-order valence-corrected chi connectivity index (χ2v) is 13.6. The van der Waals surface area contributed by atoms with Gasteiger partial charge in [0.05, 0.1) is 0 Å². The topological polar surface area (TPSA) is 154 Å². The average Bonchev–Trinajstić information content (AvgIpc) is 3.10. The molecule has 2 N–H and O–H groups in total. The molecule has 2 fully saturated rings. The smallest absolute Gasteiger partial charge is 0.407 e. The highest BCUT2D eigenvalue weighted by Crippen LogP contribution is 2.24. The lowest BCUT2D eigenvalue weighted by Crippen LogP contribution is -2.55. The highest BCUT2D eigenvalue weighted by Gasteiger charge is 2.32. The predicted octanol–water partition coefficient (Wildman–Crippen LogP) is 4.23. The van der Waals surface area contributed by atoms with E-state index < -0.39 is 35.5 Å². The molecule has 3 aromatic rings. The van der Waals surface area contributed by atoms with Crippen molar-refractivity contribution >= 4 is 23.9 Å². The third-order valence-electron chi connectivity index (χ3n) is 8.56. The fraction of sp³-hybridized carbons (Fsp3) is 0.459. The van der Waals surface area contributed by atoms with Gasteiger partial charge in [-0.3, -0.25) is 19.3 Å². The molecule has 0 aliphatic carbocycles. The molecule has 2 aliphatic heterocycles. The molecule has 50 heavy (non-hydrogen) atoms. The van der Waals surface area contributed by atoms with E-state index in [-0.39, 0.29) is 56.7 Å². The molecule has 3 amide bonds.